The van der Waals surface area contributed by atoms with Crippen LogP contribution in [0.3, 0.4) is 0 Å². The number of alkyl halides is 1. The first-order chi connectivity index (χ1) is 7.13. The molecule has 1 N–H and O–H groups in total. The van der Waals surface area contributed by atoms with E-state index in [9.17, 15) is 4.39 Å². The van der Waals surface area contributed by atoms with Crippen molar-refractivity contribution in [3.63, 3.8) is 0 Å². The van der Waals surface area contributed by atoms with Crippen molar-refractivity contribution in [1.82, 2.24) is 10.3 Å². The molecule has 0 aromatic carbocycles. The maximum atomic E-state index is 12.8. The number of nitrogens with one attached hydrogen (secondary N) is 1. The normalized spacial score (nSPS) is 14.9. The highest BCUT2D eigenvalue weighted by atomic mass is 79.9. The Balaban J connectivity index is 2.43. The van der Waals surface area contributed by atoms with Crippen LogP contribution in [0.2, 0.25) is 0 Å². The molecule has 0 aliphatic heterocycles. The summed E-state index contributed by atoms with van der Waals surface area (Å²) in [7, 11) is 0. The van der Waals surface area contributed by atoms with Crippen molar-refractivity contribution >= 4 is 15.9 Å². The summed E-state index contributed by atoms with van der Waals surface area (Å²) in [6.45, 7) is 4.94. The van der Waals surface area contributed by atoms with E-state index in [0.29, 0.717) is 18.5 Å². The lowest BCUT2D eigenvalue weighted by Gasteiger charge is -2.19. The second-order valence-electron chi connectivity index (χ2n) is 3.81. The molecule has 2 nitrogen and oxygen atoms in total. The van der Waals surface area contributed by atoms with Crippen molar-refractivity contribution < 1.29 is 4.39 Å². The summed E-state index contributed by atoms with van der Waals surface area (Å²) in [4.78, 5) is 3.80. The molecule has 0 aliphatic carbocycles. The molecule has 0 bridgehead atoms. The lowest BCUT2D eigenvalue weighted by atomic mass is 10.1. The van der Waals surface area contributed by atoms with E-state index in [0.717, 1.165) is 10.9 Å². The van der Waals surface area contributed by atoms with Gasteiger partial charge in [0.15, 0.2) is 0 Å². The predicted octanol–water partition coefficient (Wildman–Crippen LogP) is 2.73. The van der Waals surface area contributed by atoms with Gasteiger partial charge in [0.1, 0.15) is 5.82 Å². The van der Waals surface area contributed by atoms with E-state index >= 15 is 0 Å². The third kappa shape index (κ3) is 4.26. The first-order valence-corrected chi connectivity index (χ1v) is 6.14. The van der Waals surface area contributed by atoms with Gasteiger partial charge >= 0.3 is 0 Å². The van der Waals surface area contributed by atoms with Crippen LogP contribution < -0.4 is 5.32 Å². The third-order valence-corrected chi connectivity index (χ3v) is 3.51. The average molecular weight is 275 g/mol. The van der Waals surface area contributed by atoms with Crippen LogP contribution in [0.25, 0.3) is 0 Å². The molecule has 0 aliphatic rings. The van der Waals surface area contributed by atoms with E-state index in [2.05, 4.69) is 40.1 Å². The van der Waals surface area contributed by atoms with Crippen molar-refractivity contribution in [3.8, 4) is 0 Å². The molecule has 0 saturated heterocycles. The van der Waals surface area contributed by atoms with Crippen molar-refractivity contribution in [1.29, 1.82) is 0 Å². The van der Waals surface area contributed by atoms with Gasteiger partial charge in [0.2, 0.25) is 0 Å². The van der Waals surface area contributed by atoms with E-state index < -0.39 is 0 Å². The molecule has 0 fully saturated rings. The zero-order chi connectivity index (χ0) is 11.3. The molecule has 2 atom stereocenters. The maximum absolute atomic E-state index is 12.8. The summed E-state index contributed by atoms with van der Waals surface area (Å²) in [6, 6.07) is 1.90. The van der Waals surface area contributed by atoms with Crippen molar-refractivity contribution in [2.24, 2.45) is 5.92 Å². The summed E-state index contributed by atoms with van der Waals surface area (Å²) in [5.74, 6) is 0.266. The minimum Gasteiger partial charge on any atom is -0.310 e. The summed E-state index contributed by atoms with van der Waals surface area (Å²) < 4.78 is 12.8. The van der Waals surface area contributed by atoms with Gasteiger partial charge in [-0.2, -0.15) is 0 Å². The summed E-state index contributed by atoms with van der Waals surface area (Å²) in [5.41, 5.74) is 0.878. The summed E-state index contributed by atoms with van der Waals surface area (Å²) in [6.07, 6.45) is 2.90. The fourth-order valence-electron chi connectivity index (χ4n) is 1.17. The Morgan fingerprint density at radius 2 is 2.20 bits per heavy atom. The Hall–Kier alpha value is -0.480. The topological polar surface area (TPSA) is 24.9 Å². The van der Waals surface area contributed by atoms with Gasteiger partial charge in [-0.05, 0) is 24.5 Å². The Bertz CT molecular complexity index is 306. The molecule has 15 heavy (non-hydrogen) atoms. The first-order valence-electron chi connectivity index (χ1n) is 5.02. The second-order valence-corrected chi connectivity index (χ2v) is 4.46. The van der Waals surface area contributed by atoms with Gasteiger partial charge in [-0.15, -0.1) is 0 Å². The molecule has 1 aromatic rings. The standard InChI is InChI=1S/C11H16BrFN2/c1-8(4-12)9(2)15-6-10-3-11(13)7-14-5-10/h3,5,7-9,15H,4,6H2,1-2H3. The lowest BCUT2D eigenvalue weighted by Crippen LogP contribution is -2.32. The van der Waals surface area contributed by atoms with Gasteiger partial charge in [0, 0.05) is 24.1 Å². The quantitative estimate of drug-likeness (QED) is 0.836. The fourth-order valence-corrected chi connectivity index (χ4v) is 1.73. The zero-order valence-corrected chi connectivity index (χ0v) is 10.6. The summed E-state index contributed by atoms with van der Waals surface area (Å²) in [5, 5.41) is 4.30. The average Bonchev–Trinajstić information content (AvgIpc) is 2.25. The van der Waals surface area contributed by atoms with E-state index in [1.807, 2.05) is 0 Å². The van der Waals surface area contributed by atoms with E-state index in [-0.39, 0.29) is 5.82 Å². The monoisotopic (exact) mass is 274 g/mol. The molecule has 0 amide bonds. The number of hydrogen-bond acceptors (Lipinski definition) is 2. The molecule has 1 heterocycles. The van der Waals surface area contributed by atoms with Crippen LogP contribution in [0.15, 0.2) is 18.5 Å². The van der Waals surface area contributed by atoms with Gasteiger partial charge < -0.3 is 5.32 Å². The molecular formula is C11H16BrFN2. The number of hydrogen-bond donors (Lipinski definition) is 1. The number of aromatic nitrogens is 1. The fraction of sp³-hybridized carbons (Fsp3) is 0.545. The second kappa shape index (κ2) is 6.18. The smallest absolute Gasteiger partial charge is 0.141 e. The van der Waals surface area contributed by atoms with Crippen molar-refractivity contribution in [3.05, 3.63) is 29.8 Å². The molecule has 0 spiro atoms. The van der Waals surface area contributed by atoms with Crippen LogP contribution in [-0.2, 0) is 6.54 Å². The van der Waals surface area contributed by atoms with Crippen LogP contribution in [0.1, 0.15) is 19.4 Å². The molecule has 1 rings (SSSR count). The Morgan fingerprint density at radius 1 is 1.47 bits per heavy atom. The summed E-state index contributed by atoms with van der Waals surface area (Å²) >= 11 is 3.44. The van der Waals surface area contributed by atoms with E-state index in [1.165, 1.54) is 12.3 Å². The number of halogens is 2. The number of nitrogens with zero attached hydrogens (tertiary/aromatic N) is 1. The Kier molecular flexibility index (Phi) is 5.19. The van der Waals surface area contributed by atoms with Gasteiger partial charge in [0.05, 0.1) is 6.20 Å². The minimum absolute atomic E-state index is 0.282. The first kappa shape index (κ1) is 12.6. The van der Waals surface area contributed by atoms with Crippen LogP contribution in [0, 0.1) is 11.7 Å². The highest BCUT2D eigenvalue weighted by Crippen LogP contribution is 2.07. The van der Waals surface area contributed by atoms with Gasteiger partial charge in [0.25, 0.3) is 0 Å². The van der Waals surface area contributed by atoms with Crippen molar-refractivity contribution in [2.45, 2.75) is 26.4 Å². The van der Waals surface area contributed by atoms with Crippen LogP contribution >= 0.6 is 15.9 Å². The van der Waals surface area contributed by atoms with Crippen LogP contribution in [0.4, 0.5) is 4.39 Å². The Labute approximate surface area is 98.4 Å². The predicted molar refractivity (Wildman–Crippen MR) is 63.5 cm³/mol. The molecule has 0 radical (unpaired) electrons. The number of pyridine rings is 1. The molecular weight excluding hydrogens is 259 g/mol. The molecule has 4 heteroatoms. The van der Waals surface area contributed by atoms with E-state index in [1.54, 1.807) is 6.20 Å². The molecule has 0 saturated carbocycles. The SMILES string of the molecule is CC(CBr)C(C)NCc1cncc(F)c1. The maximum Gasteiger partial charge on any atom is 0.141 e. The van der Waals surface area contributed by atoms with Gasteiger partial charge in [-0.3, -0.25) is 4.98 Å². The molecule has 84 valence electrons. The lowest BCUT2D eigenvalue weighted by molar-refractivity contribution is 0.432. The van der Waals surface area contributed by atoms with Gasteiger partial charge in [-0.1, -0.05) is 22.9 Å². The van der Waals surface area contributed by atoms with Crippen molar-refractivity contribution in [2.75, 3.05) is 5.33 Å². The molecule has 2 unspecified atom stereocenters. The van der Waals surface area contributed by atoms with Crippen LogP contribution in [0.5, 0.6) is 0 Å². The van der Waals surface area contributed by atoms with E-state index in [4.69, 9.17) is 0 Å². The van der Waals surface area contributed by atoms with Crippen LogP contribution in [-0.4, -0.2) is 16.4 Å². The highest BCUT2D eigenvalue weighted by Gasteiger charge is 2.09. The Morgan fingerprint density at radius 3 is 2.80 bits per heavy atom. The number of rotatable bonds is 5. The minimum atomic E-state index is -0.282. The zero-order valence-electron chi connectivity index (χ0n) is 9.00. The van der Waals surface area contributed by atoms with Gasteiger partial charge in [-0.25, -0.2) is 4.39 Å². The molecule has 1 aromatic heterocycles. The third-order valence-electron chi connectivity index (χ3n) is 2.49. The largest absolute Gasteiger partial charge is 0.310 e. The highest BCUT2D eigenvalue weighted by molar-refractivity contribution is 9.09.